The van der Waals surface area contributed by atoms with Gasteiger partial charge in [0.15, 0.2) is 0 Å². The molecule has 1 aliphatic heterocycles. The zero-order chi connectivity index (χ0) is 34.9. The van der Waals surface area contributed by atoms with E-state index in [1.807, 2.05) is 24.3 Å². The Bertz CT molecular complexity index is 2130. The average Bonchev–Trinajstić information content (AvgIpc) is 3.48. The number of amides is 2. The number of halogens is 3. The van der Waals surface area contributed by atoms with E-state index in [0.717, 1.165) is 16.2 Å². The van der Waals surface area contributed by atoms with Gasteiger partial charge in [-0.3, -0.25) is 13.9 Å². The molecule has 13 heteroatoms. The number of alkyl halides is 1. The molecule has 0 spiro atoms. The largest absolute Gasteiger partial charge is 0.455 e. The van der Waals surface area contributed by atoms with E-state index in [2.05, 4.69) is 10.2 Å². The molecule has 254 valence electrons. The Morgan fingerprint density at radius 1 is 0.939 bits per heavy atom. The normalized spacial score (nSPS) is 13.5. The van der Waals surface area contributed by atoms with Crippen LogP contribution in [-0.2, 0) is 10.0 Å². The van der Waals surface area contributed by atoms with Crippen molar-refractivity contribution in [3.8, 4) is 22.5 Å². The van der Waals surface area contributed by atoms with E-state index >= 15 is 0 Å². The number of furan rings is 1. The van der Waals surface area contributed by atoms with Gasteiger partial charge in [0.05, 0.1) is 24.1 Å². The maximum Gasteiger partial charge on any atom is 0.255 e. The van der Waals surface area contributed by atoms with Crippen LogP contribution in [0.15, 0.2) is 89.3 Å². The van der Waals surface area contributed by atoms with Crippen LogP contribution < -0.4 is 14.5 Å². The highest BCUT2D eigenvalue weighted by Crippen LogP contribution is 2.42. The number of anilines is 2. The zero-order valence-corrected chi connectivity index (χ0v) is 28.3. The first-order valence-corrected chi connectivity index (χ1v) is 17.7. The third-order valence-electron chi connectivity index (χ3n) is 8.50. The second-order valence-electron chi connectivity index (χ2n) is 11.6. The van der Waals surface area contributed by atoms with E-state index in [1.54, 1.807) is 35.2 Å². The number of hydrogen-bond acceptors (Lipinski definition) is 6. The van der Waals surface area contributed by atoms with Gasteiger partial charge in [0, 0.05) is 72.1 Å². The Balaban J connectivity index is 1.43. The van der Waals surface area contributed by atoms with E-state index in [4.69, 9.17) is 16.0 Å². The number of carbonyl (C=O) groups is 2. The monoisotopic (exact) mass is 706 g/mol. The highest BCUT2D eigenvalue weighted by atomic mass is 35.5. The molecule has 1 N–H and O–H groups in total. The van der Waals surface area contributed by atoms with Crippen LogP contribution in [0.2, 0.25) is 5.02 Å². The summed E-state index contributed by atoms with van der Waals surface area (Å²) in [6.45, 7) is 0.782. The molecule has 0 unspecified atom stereocenters. The summed E-state index contributed by atoms with van der Waals surface area (Å²) in [4.78, 5) is 31.0. The van der Waals surface area contributed by atoms with Crippen LogP contribution in [0.4, 0.5) is 20.2 Å². The van der Waals surface area contributed by atoms with Crippen molar-refractivity contribution >= 4 is 55.8 Å². The van der Waals surface area contributed by atoms with Gasteiger partial charge in [-0.2, -0.15) is 0 Å². The number of piperazine rings is 1. The molecule has 6 rings (SSSR count). The molecule has 0 atom stereocenters. The topological polar surface area (TPSA) is 103 Å². The molecule has 49 heavy (non-hydrogen) atoms. The van der Waals surface area contributed by atoms with Crippen molar-refractivity contribution in [2.45, 2.75) is 0 Å². The minimum atomic E-state index is -3.99. The number of nitrogens with zero attached hydrogens (tertiary/aromatic N) is 3. The lowest BCUT2D eigenvalue weighted by Crippen LogP contribution is -2.48. The van der Waals surface area contributed by atoms with Crippen molar-refractivity contribution in [3.63, 3.8) is 0 Å². The molecule has 1 fully saturated rings. The summed E-state index contributed by atoms with van der Waals surface area (Å²) in [5.41, 5.74) is 3.05. The van der Waals surface area contributed by atoms with E-state index in [0.29, 0.717) is 58.8 Å². The third kappa shape index (κ3) is 6.97. The van der Waals surface area contributed by atoms with Crippen molar-refractivity contribution in [2.24, 2.45) is 0 Å². The van der Waals surface area contributed by atoms with Crippen molar-refractivity contribution in [1.29, 1.82) is 0 Å². The highest BCUT2D eigenvalue weighted by Gasteiger charge is 2.28. The number of hydrogen-bond donors (Lipinski definition) is 1. The van der Waals surface area contributed by atoms with Crippen LogP contribution in [0.25, 0.3) is 33.4 Å². The minimum absolute atomic E-state index is 0.108. The summed E-state index contributed by atoms with van der Waals surface area (Å²) < 4.78 is 60.7. The molecule has 0 saturated carbocycles. The predicted molar refractivity (Wildman–Crippen MR) is 188 cm³/mol. The minimum Gasteiger partial charge on any atom is -0.455 e. The first kappa shape index (κ1) is 33.9. The number of carbonyl (C=O) groups excluding carboxylic acids is 2. The molecule has 1 aliphatic rings. The Morgan fingerprint density at radius 2 is 1.63 bits per heavy atom. The molecule has 0 bridgehead atoms. The zero-order valence-electron chi connectivity index (χ0n) is 26.8. The number of fused-ring (bicyclic) bond motifs is 1. The second kappa shape index (κ2) is 13.9. The Labute approximate surface area is 287 Å². The van der Waals surface area contributed by atoms with Crippen LogP contribution in [0.1, 0.15) is 20.7 Å². The van der Waals surface area contributed by atoms with Crippen LogP contribution in [0, 0.1) is 5.82 Å². The van der Waals surface area contributed by atoms with Gasteiger partial charge >= 0.3 is 0 Å². The number of sulfonamides is 1. The van der Waals surface area contributed by atoms with Crippen LogP contribution in [0.3, 0.4) is 0 Å². The van der Waals surface area contributed by atoms with Gasteiger partial charge < -0.3 is 19.5 Å². The van der Waals surface area contributed by atoms with E-state index < -0.39 is 35.0 Å². The summed E-state index contributed by atoms with van der Waals surface area (Å²) in [6.07, 6.45) is 0.975. The van der Waals surface area contributed by atoms with Gasteiger partial charge in [-0.15, -0.1) is 0 Å². The number of benzene rings is 4. The van der Waals surface area contributed by atoms with Crippen LogP contribution >= 0.6 is 11.6 Å². The van der Waals surface area contributed by atoms with Crippen LogP contribution in [0.5, 0.6) is 0 Å². The average molecular weight is 707 g/mol. The van der Waals surface area contributed by atoms with Crippen molar-refractivity contribution in [1.82, 2.24) is 10.2 Å². The van der Waals surface area contributed by atoms with Gasteiger partial charge in [-0.1, -0.05) is 23.7 Å². The lowest BCUT2D eigenvalue weighted by molar-refractivity contribution is 0.0746. The summed E-state index contributed by atoms with van der Waals surface area (Å²) in [5.74, 6) is -1.01. The van der Waals surface area contributed by atoms with Gasteiger partial charge in [0.1, 0.15) is 23.8 Å². The molecule has 2 amide bonds. The van der Waals surface area contributed by atoms with E-state index in [-0.39, 0.29) is 28.5 Å². The van der Waals surface area contributed by atoms with Crippen molar-refractivity contribution < 1.29 is 31.2 Å². The molecule has 1 saturated heterocycles. The van der Waals surface area contributed by atoms with E-state index in [1.165, 1.54) is 37.4 Å². The standard InChI is InChI=1S/C36H33ClF2N4O5S/c1-40-35(44)33-30-21-29(31(43(15-14-38)49(2,46)47)22-32(30)48-34(33)23-6-10-27(39)11-7-23)24-4-3-5-25(20-24)36(45)42-18-16-41(17-19-42)28-12-8-26(37)9-13-28/h3-13,20-22H,14-19H2,1-2H3,(H,40,44). The van der Waals surface area contributed by atoms with Gasteiger partial charge in [0.25, 0.3) is 11.8 Å². The lowest BCUT2D eigenvalue weighted by atomic mass is 9.97. The quantitative estimate of drug-likeness (QED) is 0.185. The van der Waals surface area contributed by atoms with E-state index in [9.17, 15) is 26.8 Å². The summed E-state index contributed by atoms with van der Waals surface area (Å²) in [6, 6.07) is 22.8. The Morgan fingerprint density at radius 3 is 2.27 bits per heavy atom. The number of nitrogens with one attached hydrogen (secondary N) is 1. The smallest absolute Gasteiger partial charge is 0.255 e. The fourth-order valence-electron chi connectivity index (χ4n) is 6.09. The molecular formula is C36H33ClF2N4O5S. The fraction of sp³-hybridized carbons (Fsp3) is 0.222. The predicted octanol–water partition coefficient (Wildman–Crippen LogP) is 6.62. The molecule has 9 nitrogen and oxygen atoms in total. The maximum absolute atomic E-state index is 13.8. The summed E-state index contributed by atoms with van der Waals surface area (Å²) in [5, 5.41) is 3.61. The summed E-state index contributed by atoms with van der Waals surface area (Å²) >= 11 is 6.04. The SMILES string of the molecule is CNC(=O)c1c(-c2ccc(F)cc2)oc2cc(N(CCF)S(C)(=O)=O)c(-c3cccc(C(=O)N4CCN(c5ccc(Cl)cc5)CC4)c3)cc12. The first-order chi connectivity index (χ1) is 23.5. The first-order valence-electron chi connectivity index (χ1n) is 15.5. The molecule has 5 aromatic rings. The molecule has 0 radical (unpaired) electrons. The number of rotatable bonds is 9. The molecule has 1 aromatic heterocycles. The summed E-state index contributed by atoms with van der Waals surface area (Å²) in [7, 11) is -2.53. The third-order valence-corrected chi connectivity index (χ3v) is 9.93. The molecule has 4 aromatic carbocycles. The molecule has 0 aliphatic carbocycles. The van der Waals surface area contributed by atoms with Gasteiger partial charge in [-0.05, 0) is 72.3 Å². The molecular weight excluding hydrogens is 674 g/mol. The molecule has 2 heterocycles. The van der Waals surface area contributed by atoms with Crippen LogP contribution in [-0.4, -0.2) is 77.8 Å². The Hall–Kier alpha value is -4.94. The highest BCUT2D eigenvalue weighted by molar-refractivity contribution is 7.92. The van der Waals surface area contributed by atoms with Crippen molar-refractivity contribution in [2.75, 3.05) is 61.9 Å². The maximum atomic E-state index is 13.8. The second-order valence-corrected chi connectivity index (χ2v) is 14.0. The lowest BCUT2D eigenvalue weighted by Gasteiger charge is -2.36. The Kier molecular flexibility index (Phi) is 9.62. The van der Waals surface area contributed by atoms with Crippen molar-refractivity contribution in [3.05, 3.63) is 107 Å². The van der Waals surface area contributed by atoms with Gasteiger partial charge in [0.2, 0.25) is 10.0 Å². The van der Waals surface area contributed by atoms with Gasteiger partial charge in [-0.25, -0.2) is 17.2 Å². The fourth-order valence-corrected chi connectivity index (χ4v) is 7.12.